The van der Waals surface area contributed by atoms with Crippen LogP contribution in [0.3, 0.4) is 0 Å². The van der Waals surface area contributed by atoms with E-state index in [0.29, 0.717) is 13.0 Å². The first-order chi connectivity index (χ1) is 27.0. The summed E-state index contributed by atoms with van der Waals surface area (Å²) in [6.45, 7) is 1.94. The number of hydrogen-bond acceptors (Lipinski definition) is 11. The summed E-state index contributed by atoms with van der Waals surface area (Å²) in [6.07, 6.45) is 3.13. The van der Waals surface area contributed by atoms with Gasteiger partial charge in [0.05, 0.1) is 15.4 Å². The summed E-state index contributed by atoms with van der Waals surface area (Å²) in [5.74, 6) is 0.00588. The quantitative estimate of drug-likeness (QED) is 0.0538. The Kier molecular flexibility index (Phi) is 13.5. The van der Waals surface area contributed by atoms with Crippen LogP contribution in [-0.2, 0) is 21.2 Å². The molecule has 1 aliphatic heterocycles. The third kappa shape index (κ3) is 10.2. The molecule has 1 aliphatic rings. The summed E-state index contributed by atoms with van der Waals surface area (Å²) in [6, 6.07) is 33.4. The normalized spacial score (nSPS) is 14.7. The van der Waals surface area contributed by atoms with Gasteiger partial charge in [-0.1, -0.05) is 48.5 Å². The number of amides is 1. The minimum absolute atomic E-state index is 0.152. The Morgan fingerprint density at radius 1 is 0.982 bits per heavy atom. The second-order valence-corrected chi connectivity index (χ2v) is 17.8. The molecule has 4 aromatic carbocycles. The monoisotopic (exact) mass is 813 g/mol. The van der Waals surface area contributed by atoms with E-state index in [1.165, 1.54) is 33.0 Å². The second-order valence-electron chi connectivity index (χ2n) is 14.1. The van der Waals surface area contributed by atoms with Gasteiger partial charge in [-0.3, -0.25) is 14.9 Å². The fourth-order valence-corrected chi connectivity index (χ4v) is 9.92. The number of methoxy groups -OCH3 is 1. The van der Waals surface area contributed by atoms with E-state index in [-0.39, 0.29) is 27.8 Å². The summed E-state index contributed by atoms with van der Waals surface area (Å²) in [7, 11) is 1.36. The molecule has 0 radical (unpaired) electrons. The molecular weight excluding hydrogens is 767 g/mol. The maximum atomic E-state index is 13.3. The highest BCUT2D eigenvalue weighted by atomic mass is 32.2. The maximum Gasteiger partial charge on any atom is 0.293 e. The van der Waals surface area contributed by atoms with E-state index < -0.39 is 26.5 Å². The highest BCUT2D eigenvalue weighted by Gasteiger charge is 2.36. The number of piperidine rings is 1. The number of carbonyl (C=O) groups is 1. The molecule has 2 N–H and O–H groups in total. The molecule has 1 aromatic heterocycles. The molecule has 0 spiro atoms. The molecule has 2 heterocycles. The molecule has 5 aromatic rings. The Hall–Kier alpha value is -4.73. The summed E-state index contributed by atoms with van der Waals surface area (Å²) >= 11 is 3.47. The molecule has 1 atom stereocenters. The minimum atomic E-state index is -4.41. The van der Waals surface area contributed by atoms with Crippen molar-refractivity contribution in [3.8, 4) is 10.4 Å². The Balaban J connectivity index is 1.04. The van der Waals surface area contributed by atoms with Gasteiger partial charge in [0.25, 0.3) is 21.6 Å². The van der Waals surface area contributed by atoms with E-state index in [2.05, 4.69) is 73.7 Å². The number of ether oxygens (including phenoxy) is 1. The van der Waals surface area contributed by atoms with E-state index in [1.807, 2.05) is 32.3 Å². The van der Waals surface area contributed by atoms with Crippen molar-refractivity contribution in [2.24, 2.45) is 0 Å². The number of nitrogens with zero attached hydrogens (tertiary/aromatic N) is 3. The van der Waals surface area contributed by atoms with Gasteiger partial charge in [0.1, 0.15) is 5.69 Å². The minimum Gasteiger partial charge on any atom is -0.379 e. The Bertz CT molecular complexity index is 2190. The number of nitro groups is 1. The number of nitro benzene ring substituents is 1. The molecule has 1 amide bonds. The average molecular weight is 814 g/mol. The van der Waals surface area contributed by atoms with Gasteiger partial charge in [0.2, 0.25) is 0 Å². The Labute approximate surface area is 337 Å². The molecule has 56 heavy (non-hydrogen) atoms. The number of rotatable bonds is 17. The number of sulfonamides is 1. The van der Waals surface area contributed by atoms with Gasteiger partial charge >= 0.3 is 0 Å². The lowest BCUT2D eigenvalue weighted by atomic mass is 9.83. The second kappa shape index (κ2) is 18.5. The molecule has 294 valence electrons. The van der Waals surface area contributed by atoms with Crippen molar-refractivity contribution in [3.05, 3.63) is 136 Å². The van der Waals surface area contributed by atoms with Crippen LogP contribution in [-0.4, -0.2) is 82.4 Å². The first-order valence-corrected chi connectivity index (χ1v) is 21.8. The van der Waals surface area contributed by atoms with Crippen molar-refractivity contribution >= 4 is 56.1 Å². The Morgan fingerprint density at radius 3 is 2.36 bits per heavy atom. The zero-order valence-corrected chi connectivity index (χ0v) is 34.2. The van der Waals surface area contributed by atoms with Gasteiger partial charge in [-0.15, -0.1) is 23.1 Å². The van der Waals surface area contributed by atoms with Crippen LogP contribution in [0.15, 0.2) is 124 Å². The van der Waals surface area contributed by atoms with Crippen molar-refractivity contribution in [1.82, 2.24) is 9.62 Å². The molecule has 1 fully saturated rings. The van der Waals surface area contributed by atoms with E-state index in [9.17, 15) is 23.3 Å². The smallest absolute Gasteiger partial charge is 0.293 e. The average Bonchev–Trinajstić information content (AvgIpc) is 3.75. The van der Waals surface area contributed by atoms with Crippen LogP contribution in [0.1, 0.15) is 35.2 Å². The van der Waals surface area contributed by atoms with Gasteiger partial charge in [0, 0.05) is 72.0 Å². The summed E-state index contributed by atoms with van der Waals surface area (Å²) < 4.78 is 34.8. The van der Waals surface area contributed by atoms with E-state index in [1.54, 1.807) is 54.5 Å². The molecule has 11 nitrogen and oxygen atoms in total. The largest absolute Gasteiger partial charge is 0.379 e. The third-order valence-electron chi connectivity index (χ3n) is 10.3. The number of nitrogens with one attached hydrogen (secondary N) is 2. The third-order valence-corrected chi connectivity index (χ3v) is 13.7. The van der Waals surface area contributed by atoms with Crippen molar-refractivity contribution in [1.29, 1.82) is 0 Å². The molecule has 14 heteroatoms. The van der Waals surface area contributed by atoms with E-state index in [0.717, 1.165) is 49.9 Å². The van der Waals surface area contributed by atoms with E-state index in [4.69, 9.17) is 4.74 Å². The molecule has 6 rings (SSSR count). The summed E-state index contributed by atoms with van der Waals surface area (Å²) in [4.78, 5) is 30.9. The van der Waals surface area contributed by atoms with Crippen molar-refractivity contribution in [2.45, 2.75) is 47.1 Å². The Morgan fingerprint density at radius 2 is 1.70 bits per heavy atom. The highest BCUT2D eigenvalue weighted by molar-refractivity contribution is 7.99. The summed E-state index contributed by atoms with van der Waals surface area (Å²) in [5, 5.41) is 17.2. The zero-order valence-electron chi connectivity index (χ0n) is 31.7. The first kappa shape index (κ1) is 40.9. The number of carbonyl (C=O) groups excluding carboxylic acids is 1. The maximum absolute atomic E-state index is 13.3. The first-order valence-electron chi connectivity index (χ1n) is 18.4. The van der Waals surface area contributed by atoms with Crippen LogP contribution < -0.4 is 14.9 Å². The molecule has 0 aliphatic carbocycles. The van der Waals surface area contributed by atoms with E-state index >= 15 is 0 Å². The summed E-state index contributed by atoms with van der Waals surface area (Å²) in [5.41, 5.74) is 3.06. The zero-order chi connectivity index (χ0) is 39.7. The van der Waals surface area contributed by atoms with Gasteiger partial charge in [-0.2, -0.15) is 0 Å². The lowest BCUT2D eigenvalue weighted by molar-refractivity contribution is -0.384. The van der Waals surface area contributed by atoms with Crippen LogP contribution in [0.2, 0.25) is 0 Å². The fourth-order valence-electron chi connectivity index (χ4n) is 6.94. The standard InChI is InChI=1S/C42H47N5O6S3/c1-45(2)34(30-55-35-11-5-4-6-12-35)21-24-43-38-20-19-36(28-39(38)47(49)50)56(51,52)44-41(48)31-15-17-33(18-16-31)46-25-22-42(53-3,23-26-46)29-32-10-7-8-13-37(32)40-14-9-27-54-40/h4-20,27-28,34,43H,21-26,29-30H2,1-3H3,(H,44,48). The predicted octanol–water partition coefficient (Wildman–Crippen LogP) is 8.19. The highest BCUT2D eigenvalue weighted by Crippen LogP contribution is 2.36. The van der Waals surface area contributed by atoms with Crippen molar-refractivity contribution in [2.75, 3.05) is 56.8 Å². The lowest BCUT2D eigenvalue weighted by Crippen LogP contribution is -2.47. The lowest BCUT2D eigenvalue weighted by Gasteiger charge is -2.42. The van der Waals surface area contributed by atoms with Crippen LogP contribution in [0.5, 0.6) is 0 Å². The van der Waals surface area contributed by atoms with Gasteiger partial charge in [-0.05, 0) is 104 Å². The van der Waals surface area contributed by atoms with Crippen LogP contribution in [0.4, 0.5) is 17.1 Å². The molecule has 1 saturated heterocycles. The fraction of sp³-hybridized carbons (Fsp3) is 0.310. The van der Waals surface area contributed by atoms with Crippen molar-refractivity contribution < 1.29 is 22.9 Å². The number of anilines is 2. The number of hydrogen-bond donors (Lipinski definition) is 2. The SMILES string of the molecule is COC1(Cc2ccccc2-c2cccs2)CCN(c2ccc(C(=O)NS(=O)(=O)c3ccc(NCCC(CSc4ccccc4)N(C)C)c([N+](=O)[O-])c3)cc2)CC1. The van der Waals surface area contributed by atoms with Crippen LogP contribution >= 0.6 is 23.1 Å². The van der Waals surface area contributed by atoms with Gasteiger partial charge < -0.3 is 19.9 Å². The van der Waals surface area contributed by atoms with Gasteiger partial charge in [-0.25, -0.2) is 13.1 Å². The molecular formula is C42H47N5O6S3. The number of thiophene rings is 1. The van der Waals surface area contributed by atoms with Gasteiger partial charge in [0.15, 0.2) is 0 Å². The van der Waals surface area contributed by atoms with Crippen molar-refractivity contribution in [3.63, 3.8) is 0 Å². The molecule has 0 saturated carbocycles. The van der Waals surface area contributed by atoms with Crippen LogP contribution in [0.25, 0.3) is 10.4 Å². The van der Waals surface area contributed by atoms with Crippen LogP contribution in [0, 0.1) is 10.1 Å². The molecule has 0 bridgehead atoms. The molecule has 1 unspecified atom stereocenters. The topological polar surface area (TPSA) is 134 Å². The predicted molar refractivity (Wildman–Crippen MR) is 227 cm³/mol. The number of thioether (sulfide) groups is 1. The number of benzene rings is 4.